The van der Waals surface area contributed by atoms with Crippen LogP contribution in [0.25, 0.3) is 0 Å². The Kier molecular flexibility index (Phi) is 3.27. The molecule has 4 heteroatoms. The number of ether oxygens (including phenoxy) is 1. The van der Waals surface area contributed by atoms with Gasteiger partial charge in [0, 0.05) is 6.20 Å². The molecule has 0 atom stereocenters. The van der Waals surface area contributed by atoms with Crippen LogP contribution in [0.4, 0.5) is 0 Å². The van der Waals surface area contributed by atoms with Gasteiger partial charge in [-0.3, -0.25) is 0 Å². The molecule has 0 bridgehead atoms. The van der Waals surface area contributed by atoms with Gasteiger partial charge in [0.05, 0.1) is 5.56 Å². The average Bonchev–Trinajstić information content (AvgIpc) is 2.32. The summed E-state index contributed by atoms with van der Waals surface area (Å²) in [6, 6.07) is 11.1. The van der Waals surface area contributed by atoms with E-state index in [1.807, 2.05) is 37.3 Å². The van der Waals surface area contributed by atoms with Crippen molar-refractivity contribution in [1.82, 2.24) is 4.98 Å². The predicted octanol–water partition coefficient (Wildman–Crippen LogP) is 3.71. The Morgan fingerprint density at radius 1 is 1.35 bits per heavy atom. The first-order valence-electron chi connectivity index (χ1n) is 5.00. The maximum atomic E-state index is 8.84. The lowest BCUT2D eigenvalue weighted by Crippen LogP contribution is -1.91. The zero-order valence-corrected chi connectivity index (χ0v) is 9.90. The van der Waals surface area contributed by atoms with Crippen molar-refractivity contribution in [3.63, 3.8) is 0 Å². The monoisotopic (exact) mass is 244 g/mol. The fraction of sp³-hybridized carbons (Fsp3) is 0.0769. The van der Waals surface area contributed by atoms with Crippen molar-refractivity contribution in [2.24, 2.45) is 0 Å². The Balaban J connectivity index is 2.34. The van der Waals surface area contributed by atoms with Gasteiger partial charge in [0.25, 0.3) is 0 Å². The summed E-state index contributed by atoms with van der Waals surface area (Å²) in [5.41, 5.74) is 1.43. The number of hydrogen-bond donors (Lipinski definition) is 0. The molecule has 0 amide bonds. The molecule has 0 radical (unpaired) electrons. The van der Waals surface area contributed by atoms with Gasteiger partial charge in [-0.05, 0) is 30.7 Å². The van der Waals surface area contributed by atoms with E-state index in [0.29, 0.717) is 11.3 Å². The zero-order valence-electron chi connectivity index (χ0n) is 9.14. The van der Waals surface area contributed by atoms with Gasteiger partial charge >= 0.3 is 0 Å². The summed E-state index contributed by atoms with van der Waals surface area (Å²) >= 11 is 5.99. The maximum Gasteiger partial charge on any atom is 0.239 e. The van der Waals surface area contributed by atoms with Gasteiger partial charge in [-0.2, -0.15) is 5.26 Å². The van der Waals surface area contributed by atoms with Crippen molar-refractivity contribution in [2.45, 2.75) is 6.92 Å². The van der Waals surface area contributed by atoms with Crippen molar-refractivity contribution in [2.75, 3.05) is 0 Å². The minimum atomic E-state index is 0.233. The molecule has 17 heavy (non-hydrogen) atoms. The zero-order chi connectivity index (χ0) is 12.3. The maximum absolute atomic E-state index is 8.84. The number of aromatic nitrogens is 1. The quantitative estimate of drug-likeness (QED) is 0.809. The van der Waals surface area contributed by atoms with Crippen LogP contribution in [0.3, 0.4) is 0 Å². The van der Waals surface area contributed by atoms with Crippen LogP contribution in [0.5, 0.6) is 11.6 Å². The lowest BCUT2D eigenvalue weighted by molar-refractivity contribution is 0.462. The molecular formula is C13H9ClN2O. The molecule has 84 valence electrons. The van der Waals surface area contributed by atoms with Gasteiger partial charge in [0.2, 0.25) is 5.88 Å². The molecule has 3 nitrogen and oxygen atoms in total. The van der Waals surface area contributed by atoms with Crippen LogP contribution >= 0.6 is 11.6 Å². The van der Waals surface area contributed by atoms with E-state index < -0.39 is 0 Å². The van der Waals surface area contributed by atoms with Gasteiger partial charge in [0.15, 0.2) is 0 Å². The number of nitrogens with zero attached hydrogens (tertiary/aromatic N) is 2. The molecule has 1 aromatic heterocycles. The second-order valence-corrected chi connectivity index (χ2v) is 3.89. The molecule has 0 aliphatic rings. The highest BCUT2D eigenvalue weighted by atomic mass is 35.5. The SMILES string of the molecule is Cc1cccc(Oc2nccc(C#N)c2Cl)c1. The van der Waals surface area contributed by atoms with Crippen molar-refractivity contribution < 1.29 is 4.74 Å². The van der Waals surface area contributed by atoms with Crippen LogP contribution in [0.15, 0.2) is 36.5 Å². The largest absolute Gasteiger partial charge is 0.437 e. The molecule has 1 aromatic carbocycles. The first kappa shape index (κ1) is 11.4. The second kappa shape index (κ2) is 4.86. The molecule has 0 aliphatic heterocycles. The van der Waals surface area contributed by atoms with Gasteiger partial charge in [0.1, 0.15) is 16.8 Å². The van der Waals surface area contributed by atoms with E-state index in [9.17, 15) is 0 Å². The lowest BCUT2D eigenvalue weighted by Gasteiger charge is -2.07. The molecule has 0 spiro atoms. The van der Waals surface area contributed by atoms with Crippen LogP contribution in [0.1, 0.15) is 11.1 Å². The minimum Gasteiger partial charge on any atom is -0.437 e. The summed E-state index contributed by atoms with van der Waals surface area (Å²) in [6.45, 7) is 1.97. The standard InChI is InChI=1S/C13H9ClN2O/c1-9-3-2-4-11(7-9)17-13-12(14)10(8-15)5-6-16-13/h2-7H,1H3. The topological polar surface area (TPSA) is 45.9 Å². The fourth-order valence-corrected chi connectivity index (χ4v) is 1.57. The number of benzene rings is 1. The van der Waals surface area contributed by atoms with E-state index in [1.54, 1.807) is 6.07 Å². The molecule has 2 aromatic rings. The van der Waals surface area contributed by atoms with Crippen molar-refractivity contribution >= 4 is 11.6 Å². The predicted molar refractivity (Wildman–Crippen MR) is 65.2 cm³/mol. The average molecular weight is 245 g/mol. The van der Waals surface area contributed by atoms with Crippen LogP contribution in [-0.2, 0) is 0 Å². The normalized spacial score (nSPS) is 9.71. The van der Waals surface area contributed by atoms with Gasteiger partial charge < -0.3 is 4.74 Å². The summed E-state index contributed by atoms with van der Waals surface area (Å²) < 4.78 is 5.54. The van der Waals surface area contributed by atoms with Crippen LogP contribution in [0, 0.1) is 18.3 Å². The number of nitriles is 1. The van der Waals surface area contributed by atoms with E-state index >= 15 is 0 Å². The number of aryl methyl sites for hydroxylation is 1. The number of halogens is 1. The Morgan fingerprint density at radius 3 is 2.88 bits per heavy atom. The highest BCUT2D eigenvalue weighted by molar-refractivity contribution is 6.33. The second-order valence-electron chi connectivity index (χ2n) is 3.51. The third-order valence-electron chi connectivity index (χ3n) is 2.18. The highest BCUT2D eigenvalue weighted by Crippen LogP contribution is 2.29. The summed E-state index contributed by atoms with van der Waals surface area (Å²) in [5.74, 6) is 0.894. The Morgan fingerprint density at radius 2 is 2.18 bits per heavy atom. The third-order valence-corrected chi connectivity index (χ3v) is 2.55. The first-order chi connectivity index (χ1) is 8.20. The fourth-order valence-electron chi connectivity index (χ4n) is 1.37. The molecule has 0 saturated carbocycles. The summed E-state index contributed by atoms with van der Waals surface area (Å²) in [4.78, 5) is 4.01. The number of pyridine rings is 1. The van der Waals surface area contributed by atoms with E-state index in [4.69, 9.17) is 21.6 Å². The van der Waals surface area contributed by atoms with E-state index in [-0.39, 0.29) is 10.9 Å². The number of rotatable bonds is 2. The summed E-state index contributed by atoms with van der Waals surface area (Å²) in [7, 11) is 0. The van der Waals surface area contributed by atoms with Gasteiger partial charge in [-0.25, -0.2) is 4.98 Å². The van der Waals surface area contributed by atoms with Gasteiger partial charge in [-0.15, -0.1) is 0 Å². The van der Waals surface area contributed by atoms with E-state index in [2.05, 4.69) is 4.98 Å². The Hall–Kier alpha value is -2.05. The minimum absolute atomic E-state index is 0.233. The molecular weight excluding hydrogens is 236 g/mol. The van der Waals surface area contributed by atoms with Crippen molar-refractivity contribution in [1.29, 1.82) is 5.26 Å². The smallest absolute Gasteiger partial charge is 0.239 e. The summed E-state index contributed by atoms with van der Waals surface area (Å²) in [5, 5.41) is 9.07. The Bertz CT molecular complexity index is 590. The van der Waals surface area contributed by atoms with Crippen molar-refractivity contribution in [3.8, 4) is 17.7 Å². The summed E-state index contributed by atoms with van der Waals surface area (Å²) in [6.07, 6.45) is 1.50. The van der Waals surface area contributed by atoms with Crippen LogP contribution in [-0.4, -0.2) is 4.98 Å². The highest BCUT2D eigenvalue weighted by Gasteiger charge is 2.09. The number of hydrogen-bond acceptors (Lipinski definition) is 3. The molecule has 1 heterocycles. The van der Waals surface area contributed by atoms with Crippen LogP contribution < -0.4 is 4.74 Å². The molecule has 0 aliphatic carbocycles. The van der Waals surface area contributed by atoms with Crippen LogP contribution in [0.2, 0.25) is 5.02 Å². The molecule has 0 unspecified atom stereocenters. The van der Waals surface area contributed by atoms with E-state index in [1.165, 1.54) is 6.20 Å². The first-order valence-corrected chi connectivity index (χ1v) is 5.37. The molecule has 0 N–H and O–H groups in total. The molecule has 0 fully saturated rings. The van der Waals surface area contributed by atoms with Gasteiger partial charge in [-0.1, -0.05) is 23.7 Å². The van der Waals surface area contributed by atoms with E-state index in [0.717, 1.165) is 5.56 Å². The molecule has 0 saturated heterocycles. The van der Waals surface area contributed by atoms with Crippen molar-refractivity contribution in [3.05, 3.63) is 52.7 Å². The Labute approximate surface area is 104 Å². The molecule has 2 rings (SSSR count). The lowest BCUT2D eigenvalue weighted by atomic mass is 10.2. The third kappa shape index (κ3) is 2.55.